The first-order chi connectivity index (χ1) is 11.0. The molecule has 1 aromatic carbocycles. The van der Waals surface area contributed by atoms with Crippen LogP contribution in [0.1, 0.15) is 5.69 Å². The fourth-order valence-electron chi connectivity index (χ4n) is 1.69. The highest BCUT2D eigenvalue weighted by Gasteiger charge is 2.14. The lowest BCUT2D eigenvalue weighted by Crippen LogP contribution is -2.35. The summed E-state index contributed by atoms with van der Waals surface area (Å²) in [7, 11) is 0. The standard InChI is InChI=1S/C15H13F2N3O2S/c16-15(17)23-12-6-3-5-10(8-12)20-14(22)13(21)19-9-11-4-1-2-7-18-11/h1-8,15H,9H2,(H,19,21)(H,20,22). The van der Waals surface area contributed by atoms with Crippen LogP contribution in [0.25, 0.3) is 0 Å². The number of aromatic nitrogens is 1. The number of halogens is 2. The van der Waals surface area contributed by atoms with Crippen LogP contribution in [0.15, 0.2) is 53.6 Å². The van der Waals surface area contributed by atoms with Crippen LogP contribution in [-0.4, -0.2) is 22.6 Å². The van der Waals surface area contributed by atoms with Crippen LogP contribution in [0.2, 0.25) is 0 Å². The molecule has 0 bridgehead atoms. The van der Waals surface area contributed by atoms with Crippen LogP contribution >= 0.6 is 11.8 Å². The number of carbonyl (C=O) groups is 2. The third-order valence-corrected chi connectivity index (χ3v) is 3.38. The Morgan fingerprint density at radius 2 is 1.96 bits per heavy atom. The van der Waals surface area contributed by atoms with Crippen molar-refractivity contribution in [3.8, 4) is 0 Å². The fourth-order valence-corrected chi connectivity index (χ4v) is 2.25. The van der Waals surface area contributed by atoms with Crippen molar-refractivity contribution in [2.45, 2.75) is 17.2 Å². The van der Waals surface area contributed by atoms with Gasteiger partial charge < -0.3 is 10.6 Å². The first kappa shape index (κ1) is 16.9. The summed E-state index contributed by atoms with van der Waals surface area (Å²) < 4.78 is 24.6. The Bertz CT molecular complexity index is 683. The summed E-state index contributed by atoms with van der Waals surface area (Å²) in [5.74, 6) is -4.26. The summed E-state index contributed by atoms with van der Waals surface area (Å²) in [6.07, 6.45) is 1.58. The monoisotopic (exact) mass is 337 g/mol. The number of anilines is 1. The lowest BCUT2D eigenvalue weighted by Gasteiger charge is -2.07. The first-order valence-corrected chi connectivity index (χ1v) is 7.46. The molecule has 0 aliphatic carbocycles. The van der Waals surface area contributed by atoms with E-state index in [1.54, 1.807) is 24.4 Å². The Morgan fingerprint density at radius 1 is 1.13 bits per heavy atom. The average molecular weight is 337 g/mol. The third-order valence-electron chi connectivity index (χ3n) is 2.68. The van der Waals surface area contributed by atoms with Crippen molar-refractivity contribution in [1.29, 1.82) is 0 Å². The molecule has 0 atom stereocenters. The molecule has 2 N–H and O–H groups in total. The van der Waals surface area contributed by atoms with E-state index in [1.807, 2.05) is 0 Å². The van der Waals surface area contributed by atoms with E-state index in [2.05, 4.69) is 15.6 Å². The maximum absolute atomic E-state index is 12.3. The molecule has 0 saturated heterocycles. The van der Waals surface area contributed by atoms with Crippen LogP contribution in [-0.2, 0) is 16.1 Å². The van der Waals surface area contributed by atoms with Crippen molar-refractivity contribution in [3.05, 3.63) is 54.4 Å². The molecule has 5 nitrogen and oxygen atoms in total. The van der Waals surface area contributed by atoms with Gasteiger partial charge in [0, 0.05) is 16.8 Å². The molecule has 0 radical (unpaired) electrons. The lowest BCUT2D eigenvalue weighted by atomic mass is 10.3. The molecule has 23 heavy (non-hydrogen) atoms. The van der Waals surface area contributed by atoms with Crippen molar-refractivity contribution in [1.82, 2.24) is 10.3 Å². The van der Waals surface area contributed by atoms with Gasteiger partial charge in [-0.25, -0.2) is 0 Å². The molecule has 0 saturated carbocycles. The van der Waals surface area contributed by atoms with Gasteiger partial charge in [0.1, 0.15) is 0 Å². The topological polar surface area (TPSA) is 71.1 Å². The number of carbonyl (C=O) groups excluding carboxylic acids is 2. The Morgan fingerprint density at radius 3 is 2.65 bits per heavy atom. The minimum absolute atomic E-state index is 0.119. The van der Waals surface area contributed by atoms with Crippen molar-refractivity contribution in [2.24, 2.45) is 0 Å². The number of alkyl halides is 2. The SMILES string of the molecule is O=C(NCc1ccccn1)C(=O)Nc1cccc(SC(F)F)c1. The van der Waals surface area contributed by atoms with E-state index >= 15 is 0 Å². The van der Waals surface area contributed by atoms with E-state index in [9.17, 15) is 18.4 Å². The van der Waals surface area contributed by atoms with Crippen LogP contribution in [0.5, 0.6) is 0 Å². The van der Waals surface area contributed by atoms with E-state index in [0.29, 0.717) is 22.4 Å². The third kappa shape index (κ3) is 5.67. The predicted molar refractivity (Wildman–Crippen MR) is 83.0 cm³/mol. The number of rotatable bonds is 5. The highest BCUT2D eigenvalue weighted by atomic mass is 32.2. The highest BCUT2D eigenvalue weighted by Crippen LogP contribution is 2.27. The molecular weight excluding hydrogens is 324 g/mol. The Kier molecular flexibility index (Phi) is 6.04. The van der Waals surface area contributed by atoms with Gasteiger partial charge >= 0.3 is 11.8 Å². The maximum atomic E-state index is 12.3. The summed E-state index contributed by atoms with van der Waals surface area (Å²) in [5, 5.41) is 4.79. The van der Waals surface area contributed by atoms with Gasteiger partial charge in [0.05, 0.1) is 12.2 Å². The molecule has 120 valence electrons. The van der Waals surface area contributed by atoms with Gasteiger partial charge in [0.25, 0.3) is 5.76 Å². The van der Waals surface area contributed by atoms with Crippen LogP contribution in [0, 0.1) is 0 Å². The Labute approximate surface area is 135 Å². The number of benzene rings is 1. The minimum Gasteiger partial charge on any atom is -0.342 e. The van der Waals surface area contributed by atoms with E-state index in [4.69, 9.17) is 0 Å². The van der Waals surface area contributed by atoms with E-state index in [0.717, 1.165) is 0 Å². The molecular formula is C15H13F2N3O2S. The first-order valence-electron chi connectivity index (χ1n) is 6.58. The number of nitrogens with zero attached hydrogens (tertiary/aromatic N) is 1. The summed E-state index contributed by atoms with van der Waals surface area (Å²) in [5.41, 5.74) is 0.887. The molecule has 2 amide bonds. The number of hydrogen-bond donors (Lipinski definition) is 2. The molecule has 1 heterocycles. The number of hydrogen-bond acceptors (Lipinski definition) is 4. The fraction of sp³-hybridized carbons (Fsp3) is 0.133. The molecule has 0 fully saturated rings. The molecule has 2 aromatic rings. The molecule has 0 spiro atoms. The summed E-state index contributed by atoms with van der Waals surface area (Å²) >= 11 is 0.362. The zero-order valence-corrected chi connectivity index (χ0v) is 12.6. The molecule has 2 rings (SSSR count). The molecule has 0 aliphatic rings. The van der Waals surface area contributed by atoms with Gasteiger partial charge in [-0.15, -0.1) is 0 Å². The van der Waals surface area contributed by atoms with Gasteiger partial charge in [-0.05, 0) is 30.3 Å². The van der Waals surface area contributed by atoms with Crippen LogP contribution in [0.3, 0.4) is 0 Å². The summed E-state index contributed by atoms with van der Waals surface area (Å²) in [6.45, 7) is 0.119. The van der Waals surface area contributed by atoms with Gasteiger partial charge in [-0.2, -0.15) is 8.78 Å². The van der Waals surface area contributed by atoms with Gasteiger partial charge in [0.2, 0.25) is 0 Å². The summed E-state index contributed by atoms with van der Waals surface area (Å²) in [6, 6.07) is 11.1. The summed E-state index contributed by atoms with van der Waals surface area (Å²) in [4.78, 5) is 27.8. The predicted octanol–water partition coefficient (Wildman–Crippen LogP) is 2.65. The van der Waals surface area contributed by atoms with E-state index < -0.39 is 17.6 Å². The molecule has 1 aromatic heterocycles. The van der Waals surface area contributed by atoms with Crippen molar-refractivity contribution < 1.29 is 18.4 Å². The van der Waals surface area contributed by atoms with Crippen LogP contribution < -0.4 is 10.6 Å². The van der Waals surface area contributed by atoms with Crippen molar-refractivity contribution >= 4 is 29.3 Å². The van der Waals surface area contributed by atoms with Gasteiger partial charge in [0.15, 0.2) is 0 Å². The smallest absolute Gasteiger partial charge is 0.313 e. The number of nitrogens with one attached hydrogen (secondary N) is 2. The minimum atomic E-state index is -2.55. The molecule has 8 heteroatoms. The Balaban J connectivity index is 1.89. The maximum Gasteiger partial charge on any atom is 0.313 e. The quantitative estimate of drug-likeness (QED) is 0.650. The number of thioether (sulfide) groups is 1. The lowest BCUT2D eigenvalue weighted by molar-refractivity contribution is -0.136. The molecule has 0 unspecified atom stereocenters. The second-order valence-electron chi connectivity index (χ2n) is 4.36. The molecule has 0 aliphatic heterocycles. The van der Waals surface area contributed by atoms with Gasteiger partial charge in [-0.1, -0.05) is 23.9 Å². The number of pyridine rings is 1. The van der Waals surface area contributed by atoms with Crippen LogP contribution in [0.4, 0.5) is 14.5 Å². The second-order valence-corrected chi connectivity index (χ2v) is 5.43. The average Bonchev–Trinajstić information content (AvgIpc) is 2.53. The highest BCUT2D eigenvalue weighted by molar-refractivity contribution is 7.99. The second kappa shape index (κ2) is 8.23. The zero-order valence-electron chi connectivity index (χ0n) is 11.8. The largest absolute Gasteiger partial charge is 0.342 e. The number of amides is 2. The van der Waals surface area contributed by atoms with Gasteiger partial charge in [-0.3, -0.25) is 14.6 Å². The normalized spacial score (nSPS) is 10.4. The van der Waals surface area contributed by atoms with E-state index in [1.165, 1.54) is 24.3 Å². The Hall–Kier alpha value is -2.48. The van der Waals surface area contributed by atoms with E-state index in [-0.39, 0.29) is 12.2 Å². The van der Waals surface area contributed by atoms with Crippen molar-refractivity contribution in [3.63, 3.8) is 0 Å². The van der Waals surface area contributed by atoms with Crippen molar-refractivity contribution in [2.75, 3.05) is 5.32 Å². The zero-order chi connectivity index (χ0) is 16.7.